The van der Waals surface area contributed by atoms with Crippen molar-refractivity contribution >= 4 is 80.0 Å². The van der Waals surface area contributed by atoms with E-state index in [2.05, 4.69) is 244 Å². The Morgan fingerprint density at radius 2 is 0.618 bits per heavy atom. The largest absolute Gasteiger partial charge is 0.310 e. The van der Waals surface area contributed by atoms with Gasteiger partial charge in [0.1, 0.15) is 11.6 Å². The fourth-order valence-corrected chi connectivity index (χ4v) is 11.9. The van der Waals surface area contributed by atoms with Crippen LogP contribution in [0.4, 0.5) is 42.9 Å². The van der Waals surface area contributed by atoms with Crippen molar-refractivity contribution in [2.75, 3.05) is 9.80 Å². The van der Waals surface area contributed by atoms with Crippen molar-refractivity contribution in [1.82, 2.24) is 0 Å². The summed E-state index contributed by atoms with van der Waals surface area (Å²) in [5, 5.41) is 4.57. The van der Waals surface area contributed by atoms with Crippen molar-refractivity contribution < 1.29 is 8.78 Å². The summed E-state index contributed by atoms with van der Waals surface area (Å²) in [4.78, 5) is 4.50. The molecule has 11 aromatic carbocycles. The van der Waals surface area contributed by atoms with Gasteiger partial charge in [0.2, 0.25) is 0 Å². The predicted octanol–water partition coefficient (Wildman–Crippen LogP) is 20.2. The molecule has 0 aliphatic heterocycles. The van der Waals surface area contributed by atoms with Crippen LogP contribution in [-0.4, -0.2) is 0 Å². The molecule has 0 fully saturated rings. The maximum Gasteiger partial charge on any atom is 0.123 e. The molecule has 0 unspecified atom stereocenters. The summed E-state index contributed by atoms with van der Waals surface area (Å²) in [5.74, 6) is -0.512. The van der Waals surface area contributed by atoms with Crippen LogP contribution in [0.1, 0.15) is 72.2 Å². The van der Waals surface area contributed by atoms with Gasteiger partial charge in [-0.3, -0.25) is 0 Å². The SMILES string of the molecule is CC1(C)c2cc(/C=C/c3ccc(/C=C/c4ccc5c(c4)C(C)(C)c4cc(N(c6ccc(F)cc6)c6cccc7ccccc67)ccc4-5)cc3)ccc2-c2ccc(N(c3ccc(F)cc3)c3cccc4ccccc34)cc21. The summed E-state index contributed by atoms with van der Waals surface area (Å²) >= 11 is 0. The lowest BCUT2D eigenvalue weighted by Crippen LogP contribution is -2.17. The number of anilines is 6. The van der Waals surface area contributed by atoms with Gasteiger partial charge in [-0.2, -0.15) is 0 Å². The van der Waals surface area contributed by atoms with Gasteiger partial charge in [0.15, 0.2) is 0 Å². The fraction of sp³-hybridized carbons (Fsp3) is 0.0833. The Balaban J connectivity index is 0.728. The van der Waals surface area contributed by atoms with E-state index in [9.17, 15) is 8.78 Å². The second-order valence-corrected chi connectivity index (χ2v) is 21.3. The van der Waals surface area contributed by atoms with Crippen LogP contribution in [-0.2, 0) is 10.8 Å². The third-order valence-electron chi connectivity index (χ3n) is 15.9. The number of rotatable bonds is 10. The topological polar surface area (TPSA) is 6.48 Å². The first-order valence-corrected chi connectivity index (χ1v) is 26.1. The quantitative estimate of drug-likeness (QED) is 0.126. The van der Waals surface area contributed by atoms with Crippen molar-refractivity contribution in [2.45, 2.75) is 38.5 Å². The number of nitrogens with zero attached hydrogens (tertiary/aromatic N) is 2. The van der Waals surface area contributed by atoms with E-state index in [4.69, 9.17) is 0 Å². The fourth-order valence-electron chi connectivity index (χ4n) is 11.9. The summed E-state index contributed by atoms with van der Waals surface area (Å²) in [7, 11) is 0. The smallest absolute Gasteiger partial charge is 0.123 e. The van der Waals surface area contributed by atoms with Crippen LogP contribution < -0.4 is 9.80 Å². The maximum atomic E-state index is 14.3. The Morgan fingerprint density at radius 1 is 0.303 bits per heavy atom. The van der Waals surface area contributed by atoms with Crippen molar-refractivity contribution in [2.24, 2.45) is 0 Å². The van der Waals surface area contributed by atoms with E-state index in [-0.39, 0.29) is 22.5 Å². The minimum Gasteiger partial charge on any atom is -0.310 e. The van der Waals surface area contributed by atoms with Crippen LogP contribution in [0.5, 0.6) is 0 Å². The molecule has 11 aromatic rings. The average molecular weight is 985 g/mol. The summed E-state index contributed by atoms with van der Waals surface area (Å²) in [6, 6.07) is 79.1. The lowest BCUT2D eigenvalue weighted by molar-refractivity contribution is 0.627. The van der Waals surface area contributed by atoms with Crippen LogP contribution in [0.25, 0.3) is 68.1 Å². The highest BCUT2D eigenvalue weighted by Gasteiger charge is 2.38. The van der Waals surface area contributed by atoms with Gasteiger partial charge in [0.25, 0.3) is 0 Å². The Bertz CT molecular complexity index is 3850. The second-order valence-electron chi connectivity index (χ2n) is 21.3. The van der Waals surface area contributed by atoms with E-state index in [0.717, 1.165) is 77.9 Å². The highest BCUT2D eigenvalue weighted by atomic mass is 19.1. The van der Waals surface area contributed by atoms with Gasteiger partial charge in [0.05, 0.1) is 11.4 Å². The molecule has 366 valence electrons. The van der Waals surface area contributed by atoms with Crippen LogP contribution in [0, 0.1) is 11.6 Å². The highest BCUT2D eigenvalue weighted by molar-refractivity contribution is 6.01. The molecule has 2 aliphatic carbocycles. The summed E-state index contributed by atoms with van der Waals surface area (Å²) in [5.41, 5.74) is 20.2. The molecule has 0 aromatic heterocycles. The van der Waals surface area contributed by atoms with E-state index < -0.39 is 0 Å². The first-order chi connectivity index (χ1) is 37.0. The molecule has 0 bridgehead atoms. The molecule has 0 saturated carbocycles. The first kappa shape index (κ1) is 46.7. The predicted molar refractivity (Wildman–Crippen MR) is 317 cm³/mol. The molecule has 13 rings (SSSR count). The summed E-state index contributed by atoms with van der Waals surface area (Å²) in [6.45, 7) is 9.27. The summed E-state index contributed by atoms with van der Waals surface area (Å²) in [6.07, 6.45) is 8.81. The molecule has 0 spiro atoms. The molecule has 0 heterocycles. The minimum atomic E-state index is -0.256. The van der Waals surface area contributed by atoms with Gasteiger partial charge in [-0.25, -0.2) is 8.78 Å². The first-order valence-electron chi connectivity index (χ1n) is 26.1. The van der Waals surface area contributed by atoms with E-state index in [1.807, 2.05) is 24.3 Å². The van der Waals surface area contributed by atoms with E-state index in [1.54, 1.807) is 0 Å². The standard InChI is InChI=1S/C72H54F2N2/c1-71(2)65-43-49(27-39-61(65)63-41-37-57(45-67(63)71)75(55-33-29-53(73)30-34-55)69-17-9-13-51-11-5-7-15-59(51)69)25-23-47-19-21-48(22-20-47)24-26-50-28-40-62-64-42-38-58(46-68(64)72(3,4)66(62)44-50)76(56-35-31-54(74)32-36-56)70-18-10-14-52-12-6-8-16-60(52)70/h5-46H,1-4H3/b25-23+,26-24+. The molecule has 76 heavy (non-hydrogen) atoms. The van der Waals surface area contributed by atoms with Gasteiger partial charge in [-0.1, -0.05) is 198 Å². The Hall–Kier alpha value is -9.12. The zero-order valence-corrected chi connectivity index (χ0v) is 42.9. The third kappa shape index (κ3) is 8.09. The second kappa shape index (κ2) is 18.4. The van der Waals surface area contributed by atoms with E-state index in [1.165, 1.54) is 68.8 Å². The third-order valence-corrected chi connectivity index (χ3v) is 15.9. The molecule has 0 saturated heterocycles. The van der Waals surface area contributed by atoms with E-state index >= 15 is 0 Å². The lowest BCUT2D eigenvalue weighted by atomic mass is 9.81. The highest BCUT2D eigenvalue weighted by Crippen LogP contribution is 2.53. The van der Waals surface area contributed by atoms with E-state index in [0.29, 0.717) is 0 Å². The minimum absolute atomic E-state index is 0.249. The lowest BCUT2D eigenvalue weighted by Gasteiger charge is -2.29. The molecular weight excluding hydrogens is 931 g/mol. The van der Waals surface area contributed by atoms with Gasteiger partial charge in [0, 0.05) is 44.4 Å². The number of hydrogen-bond donors (Lipinski definition) is 0. The number of benzene rings is 11. The molecule has 2 nitrogen and oxygen atoms in total. The Morgan fingerprint density at radius 3 is 1.03 bits per heavy atom. The van der Waals surface area contributed by atoms with Gasteiger partial charge < -0.3 is 9.80 Å². The maximum absolute atomic E-state index is 14.3. The Kier molecular flexibility index (Phi) is 11.3. The molecule has 0 N–H and O–H groups in total. The van der Waals surface area contributed by atoms with Crippen LogP contribution in [0.15, 0.2) is 231 Å². The average Bonchev–Trinajstić information content (AvgIpc) is 3.82. The number of halogens is 2. The normalized spacial score (nSPS) is 13.8. The number of fused-ring (bicyclic) bond motifs is 8. The molecule has 0 amide bonds. The van der Waals surface area contributed by atoms with Crippen LogP contribution >= 0.6 is 0 Å². The zero-order valence-electron chi connectivity index (χ0n) is 42.9. The zero-order chi connectivity index (χ0) is 51.7. The summed E-state index contributed by atoms with van der Waals surface area (Å²) < 4.78 is 28.6. The number of hydrogen-bond acceptors (Lipinski definition) is 2. The van der Waals surface area contributed by atoms with Crippen molar-refractivity contribution in [3.05, 3.63) is 287 Å². The molecule has 4 heteroatoms. The molecule has 2 aliphatic rings. The molecular formula is C72H54F2N2. The Labute approximate surface area is 443 Å². The van der Waals surface area contributed by atoms with Gasteiger partial charge in [-0.15, -0.1) is 0 Å². The van der Waals surface area contributed by atoms with Gasteiger partial charge in [-0.05, 0) is 162 Å². The van der Waals surface area contributed by atoms with Crippen molar-refractivity contribution in [3.63, 3.8) is 0 Å². The van der Waals surface area contributed by atoms with Crippen molar-refractivity contribution in [3.8, 4) is 22.3 Å². The molecule has 0 radical (unpaired) electrons. The molecule has 0 atom stereocenters. The van der Waals surface area contributed by atoms with Crippen LogP contribution in [0.3, 0.4) is 0 Å². The van der Waals surface area contributed by atoms with Crippen LogP contribution in [0.2, 0.25) is 0 Å². The van der Waals surface area contributed by atoms with Gasteiger partial charge >= 0.3 is 0 Å². The van der Waals surface area contributed by atoms with Crippen molar-refractivity contribution in [1.29, 1.82) is 0 Å². The monoisotopic (exact) mass is 984 g/mol.